The van der Waals surface area contributed by atoms with E-state index in [0.29, 0.717) is 23.8 Å². The average Bonchev–Trinajstić information content (AvgIpc) is 2.92. The molecule has 0 aliphatic rings. The standard InChI is InChI=1S/C29H27N3O4/c1-20(28(33)31-23-13-15-24(35-2)16-14-23)29(34)32-30-18-26-25-11-7-6-10-22(25)12-17-27(26)36-19-21-8-4-3-5-9-21/h3-18,20H,19H2,1-2H3,(H,31,33)(H,32,34). The van der Waals surface area contributed by atoms with Gasteiger partial charge in [-0.05, 0) is 53.6 Å². The molecule has 2 amide bonds. The fraction of sp³-hybridized carbons (Fsp3) is 0.138. The van der Waals surface area contributed by atoms with E-state index in [-0.39, 0.29) is 0 Å². The lowest BCUT2D eigenvalue weighted by Gasteiger charge is -2.13. The molecule has 1 unspecified atom stereocenters. The summed E-state index contributed by atoms with van der Waals surface area (Å²) in [6.07, 6.45) is 1.55. The van der Waals surface area contributed by atoms with Crippen LogP contribution in [-0.4, -0.2) is 25.1 Å². The molecule has 0 fully saturated rings. The van der Waals surface area contributed by atoms with Crippen molar-refractivity contribution in [1.29, 1.82) is 0 Å². The van der Waals surface area contributed by atoms with Gasteiger partial charge in [-0.1, -0.05) is 60.7 Å². The summed E-state index contributed by atoms with van der Waals surface area (Å²) in [5, 5.41) is 8.81. The second-order valence-corrected chi connectivity index (χ2v) is 8.15. The van der Waals surface area contributed by atoms with Gasteiger partial charge in [0.2, 0.25) is 5.91 Å². The van der Waals surface area contributed by atoms with Gasteiger partial charge in [0.05, 0.1) is 13.3 Å². The van der Waals surface area contributed by atoms with E-state index in [9.17, 15) is 9.59 Å². The molecule has 2 N–H and O–H groups in total. The molecular formula is C29H27N3O4. The number of hydrazone groups is 1. The van der Waals surface area contributed by atoms with Crippen LogP contribution < -0.4 is 20.2 Å². The number of rotatable bonds is 9. The van der Waals surface area contributed by atoms with Gasteiger partial charge in [-0.25, -0.2) is 5.43 Å². The highest BCUT2D eigenvalue weighted by Gasteiger charge is 2.21. The third kappa shape index (κ3) is 6.07. The highest BCUT2D eigenvalue weighted by molar-refractivity contribution is 6.07. The van der Waals surface area contributed by atoms with Gasteiger partial charge < -0.3 is 14.8 Å². The van der Waals surface area contributed by atoms with Crippen molar-refractivity contribution in [1.82, 2.24) is 5.43 Å². The number of carbonyl (C=O) groups excluding carboxylic acids is 2. The fourth-order valence-corrected chi connectivity index (χ4v) is 3.57. The van der Waals surface area contributed by atoms with Crippen LogP contribution in [0.4, 0.5) is 5.69 Å². The Kier molecular flexibility index (Phi) is 7.93. The second kappa shape index (κ2) is 11.7. The van der Waals surface area contributed by atoms with Gasteiger partial charge in [0.1, 0.15) is 24.0 Å². The number of amides is 2. The summed E-state index contributed by atoms with van der Waals surface area (Å²) in [7, 11) is 1.57. The fourth-order valence-electron chi connectivity index (χ4n) is 3.57. The summed E-state index contributed by atoms with van der Waals surface area (Å²) in [5.74, 6) is -0.603. The largest absolute Gasteiger partial charge is 0.497 e. The number of hydrogen-bond donors (Lipinski definition) is 2. The lowest BCUT2D eigenvalue weighted by atomic mass is 10.0. The Morgan fingerprint density at radius 1 is 0.889 bits per heavy atom. The van der Waals surface area contributed by atoms with Crippen molar-refractivity contribution < 1.29 is 19.1 Å². The molecule has 0 spiro atoms. The number of nitrogens with zero attached hydrogens (tertiary/aromatic N) is 1. The molecular weight excluding hydrogens is 454 g/mol. The Hall–Kier alpha value is -4.65. The SMILES string of the molecule is COc1ccc(NC(=O)C(C)C(=O)NN=Cc2c(OCc3ccccc3)ccc3ccccc23)cc1. The maximum absolute atomic E-state index is 12.6. The Bertz CT molecular complexity index is 1370. The molecule has 0 radical (unpaired) electrons. The van der Waals surface area contributed by atoms with Crippen LogP contribution in [0.25, 0.3) is 10.8 Å². The first-order valence-electron chi connectivity index (χ1n) is 11.5. The molecule has 7 heteroatoms. The normalized spacial score (nSPS) is 11.7. The highest BCUT2D eigenvalue weighted by Crippen LogP contribution is 2.27. The van der Waals surface area contributed by atoms with Crippen LogP contribution in [0.1, 0.15) is 18.1 Å². The van der Waals surface area contributed by atoms with Crippen molar-refractivity contribution in [3.05, 3.63) is 102 Å². The smallest absolute Gasteiger partial charge is 0.252 e. The number of anilines is 1. The topological polar surface area (TPSA) is 89.0 Å². The van der Waals surface area contributed by atoms with Crippen LogP contribution in [0.3, 0.4) is 0 Å². The maximum Gasteiger partial charge on any atom is 0.252 e. The quantitative estimate of drug-likeness (QED) is 0.197. The van der Waals surface area contributed by atoms with Crippen molar-refractivity contribution in [2.24, 2.45) is 11.0 Å². The minimum absolute atomic E-state index is 0.398. The second-order valence-electron chi connectivity index (χ2n) is 8.15. The molecule has 0 heterocycles. The van der Waals surface area contributed by atoms with E-state index in [1.807, 2.05) is 66.7 Å². The van der Waals surface area contributed by atoms with Crippen LogP contribution in [0.15, 0.2) is 96.1 Å². The predicted molar refractivity (Wildman–Crippen MR) is 141 cm³/mol. The molecule has 36 heavy (non-hydrogen) atoms. The molecule has 4 aromatic rings. The Labute approximate surface area is 209 Å². The molecule has 0 aliphatic carbocycles. The molecule has 0 bridgehead atoms. The van der Waals surface area contributed by atoms with E-state index in [1.165, 1.54) is 6.92 Å². The zero-order valence-electron chi connectivity index (χ0n) is 20.1. The van der Waals surface area contributed by atoms with Gasteiger partial charge in [-0.2, -0.15) is 5.10 Å². The maximum atomic E-state index is 12.6. The van der Waals surface area contributed by atoms with Gasteiger partial charge in [0, 0.05) is 11.3 Å². The monoisotopic (exact) mass is 481 g/mol. The molecule has 0 saturated heterocycles. The summed E-state index contributed by atoms with van der Waals surface area (Å²) >= 11 is 0. The molecule has 0 saturated carbocycles. The number of hydrogen-bond acceptors (Lipinski definition) is 5. The predicted octanol–water partition coefficient (Wildman–Crippen LogP) is 5.15. The van der Waals surface area contributed by atoms with Gasteiger partial charge >= 0.3 is 0 Å². The molecule has 182 valence electrons. The van der Waals surface area contributed by atoms with Gasteiger partial charge in [-0.15, -0.1) is 0 Å². The molecule has 1 atom stereocenters. The molecule has 7 nitrogen and oxygen atoms in total. The summed E-state index contributed by atoms with van der Waals surface area (Å²) in [4.78, 5) is 25.1. The van der Waals surface area contributed by atoms with Crippen LogP contribution in [0.5, 0.6) is 11.5 Å². The summed E-state index contributed by atoms with van der Waals surface area (Å²) < 4.78 is 11.2. The van der Waals surface area contributed by atoms with Crippen LogP contribution in [-0.2, 0) is 16.2 Å². The Morgan fingerprint density at radius 3 is 2.36 bits per heavy atom. The van der Waals surface area contributed by atoms with Gasteiger partial charge in [0.25, 0.3) is 5.91 Å². The van der Waals surface area contributed by atoms with Crippen LogP contribution in [0.2, 0.25) is 0 Å². The lowest BCUT2D eigenvalue weighted by molar-refractivity contribution is -0.131. The number of ether oxygens (including phenoxy) is 2. The summed E-state index contributed by atoms with van der Waals surface area (Å²) in [6.45, 7) is 1.92. The first kappa shape index (κ1) is 24.5. The first-order valence-corrected chi connectivity index (χ1v) is 11.5. The van der Waals surface area contributed by atoms with Gasteiger partial charge in [-0.3, -0.25) is 9.59 Å². The number of nitrogens with one attached hydrogen (secondary N) is 2. The average molecular weight is 482 g/mol. The minimum Gasteiger partial charge on any atom is -0.497 e. The zero-order valence-corrected chi connectivity index (χ0v) is 20.1. The van der Waals surface area contributed by atoms with E-state index in [2.05, 4.69) is 15.8 Å². The van der Waals surface area contributed by atoms with E-state index in [0.717, 1.165) is 21.9 Å². The van der Waals surface area contributed by atoms with E-state index in [4.69, 9.17) is 9.47 Å². The molecule has 4 aromatic carbocycles. The lowest BCUT2D eigenvalue weighted by Crippen LogP contribution is -2.34. The molecule has 0 aliphatic heterocycles. The van der Waals surface area contributed by atoms with Crippen molar-refractivity contribution in [2.75, 3.05) is 12.4 Å². The van der Waals surface area contributed by atoms with Crippen molar-refractivity contribution in [2.45, 2.75) is 13.5 Å². The van der Waals surface area contributed by atoms with E-state index >= 15 is 0 Å². The number of benzene rings is 4. The van der Waals surface area contributed by atoms with E-state index < -0.39 is 17.7 Å². The Morgan fingerprint density at radius 2 is 1.61 bits per heavy atom. The zero-order chi connectivity index (χ0) is 25.3. The number of carbonyl (C=O) groups is 2. The van der Waals surface area contributed by atoms with Crippen molar-refractivity contribution in [3.8, 4) is 11.5 Å². The van der Waals surface area contributed by atoms with Gasteiger partial charge in [0.15, 0.2) is 0 Å². The Balaban J connectivity index is 1.45. The first-order chi connectivity index (χ1) is 17.5. The highest BCUT2D eigenvalue weighted by atomic mass is 16.5. The third-order valence-corrected chi connectivity index (χ3v) is 5.68. The summed E-state index contributed by atoms with van der Waals surface area (Å²) in [5.41, 5.74) is 4.82. The third-order valence-electron chi connectivity index (χ3n) is 5.68. The minimum atomic E-state index is -0.953. The number of methoxy groups -OCH3 is 1. The van der Waals surface area contributed by atoms with Crippen LogP contribution in [0, 0.1) is 5.92 Å². The summed E-state index contributed by atoms with van der Waals surface area (Å²) in [6, 6.07) is 28.5. The molecule has 0 aromatic heterocycles. The molecule has 4 rings (SSSR count). The van der Waals surface area contributed by atoms with Crippen LogP contribution >= 0.6 is 0 Å². The van der Waals surface area contributed by atoms with Crippen molar-refractivity contribution in [3.63, 3.8) is 0 Å². The number of fused-ring (bicyclic) bond motifs is 1. The van der Waals surface area contributed by atoms with Crippen molar-refractivity contribution >= 4 is 34.5 Å². The van der Waals surface area contributed by atoms with E-state index in [1.54, 1.807) is 37.6 Å².